The van der Waals surface area contributed by atoms with Gasteiger partial charge in [0.2, 0.25) is 0 Å². The van der Waals surface area contributed by atoms with Crippen molar-refractivity contribution >= 4 is 28.4 Å². The van der Waals surface area contributed by atoms with E-state index in [1.807, 2.05) is 48.9 Å². The quantitative estimate of drug-likeness (QED) is 0.437. The van der Waals surface area contributed by atoms with Crippen LogP contribution in [-0.4, -0.2) is 29.8 Å². The molecule has 1 aliphatic rings. The van der Waals surface area contributed by atoms with Gasteiger partial charge in [-0.2, -0.15) is 0 Å². The lowest BCUT2D eigenvalue weighted by Crippen LogP contribution is -2.34. The maximum Gasteiger partial charge on any atom is 0.252 e. The Morgan fingerprint density at radius 1 is 1.10 bits per heavy atom. The lowest BCUT2D eigenvalue weighted by Gasteiger charge is -2.13. The molecule has 31 heavy (non-hydrogen) atoms. The first kappa shape index (κ1) is 19.6. The topological polar surface area (TPSA) is 51.2 Å². The number of ether oxygens (including phenoxy) is 1. The van der Waals surface area contributed by atoms with Crippen LogP contribution >= 0.6 is 11.8 Å². The van der Waals surface area contributed by atoms with E-state index in [9.17, 15) is 4.79 Å². The first-order valence-corrected chi connectivity index (χ1v) is 11.5. The van der Waals surface area contributed by atoms with Gasteiger partial charge in [-0.25, -0.2) is 0 Å². The Morgan fingerprint density at radius 2 is 2.00 bits per heavy atom. The molecule has 1 amide bonds. The molecular formula is C26H22N2O2S. The third-order valence-electron chi connectivity index (χ3n) is 5.65. The molecular weight excluding hydrogens is 404 g/mol. The average molecular weight is 427 g/mol. The number of rotatable bonds is 5. The highest BCUT2D eigenvalue weighted by Crippen LogP contribution is 2.36. The third kappa shape index (κ3) is 3.89. The van der Waals surface area contributed by atoms with Gasteiger partial charge in [-0.3, -0.25) is 9.78 Å². The highest BCUT2D eigenvalue weighted by molar-refractivity contribution is 7.98. The number of nitrogens with one attached hydrogen (secondary N) is 1. The molecule has 0 radical (unpaired) electrons. The van der Waals surface area contributed by atoms with Gasteiger partial charge in [0, 0.05) is 34.8 Å². The average Bonchev–Trinajstić information content (AvgIpc) is 3.26. The van der Waals surface area contributed by atoms with Crippen LogP contribution < -0.4 is 10.1 Å². The number of thioether (sulfide) groups is 1. The van der Waals surface area contributed by atoms with E-state index in [2.05, 4.69) is 40.6 Å². The summed E-state index contributed by atoms with van der Waals surface area (Å²) in [6.45, 7) is 0.478. The zero-order chi connectivity index (χ0) is 21.2. The van der Waals surface area contributed by atoms with Crippen molar-refractivity contribution in [2.75, 3.05) is 12.8 Å². The van der Waals surface area contributed by atoms with Gasteiger partial charge < -0.3 is 10.1 Å². The number of fused-ring (bicyclic) bond motifs is 3. The van der Waals surface area contributed by atoms with Crippen LogP contribution in [0.15, 0.2) is 84.0 Å². The minimum absolute atomic E-state index is 0.0597. The second-order valence-electron chi connectivity index (χ2n) is 7.57. The van der Waals surface area contributed by atoms with Crippen LogP contribution in [0.3, 0.4) is 0 Å². The Bertz CT molecular complexity index is 1260. The van der Waals surface area contributed by atoms with Crippen molar-refractivity contribution in [1.29, 1.82) is 0 Å². The van der Waals surface area contributed by atoms with Gasteiger partial charge in [0.05, 0.1) is 12.1 Å². The third-order valence-corrected chi connectivity index (χ3v) is 6.45. The molecule has 154 valence electrons. The number of aromatic nitrogens is 1. The van der Waals surface area contributed by atoms with Crippen LogP contribution in [0.5, 0.6) is 5.75 Å². The second-order valence-corrected chi connectivity index (χ2v) is 8.42. The van der Waals surface area contributed by atoms with Gasteiger partial charge in [-0.1, -0.05) is 36.4 Å². The number of carbonyl (C=O) groups is 1. The molecule has 1 atom stereocenters. The molecule has 0 saturated heterocycles. The van der Waals surface area contributed by atoms with E-state index in [1.165, 1.54) is 16.3 Å². The summed E-state index contributed by atoms with van der Waals surface area (Å²) in [5.74, 6) is 0.848. The van der Waals surface area contributed by atoms with Crippen LogP contribution in [0, 0.1) is 0 Å². The minimum Gasteiger partial charge on any atom is -0.488 e. The van der Waals surface area contributed by atoms with Crippen molar-refractivity contribution in [1.82, 2.24) is 10.3 Å². The molecule has 3 aromatic carbocycles. The first-order valence-electron chi connectivity index (χ1n) is 10.3. The fourth-order valence-corrected chi connectivity index (χ4v) is 4.70. The molecule has 0 spiro atoms. The molecule has 4 nitrogen and oxygen atoms in total. The van der Waals surface area contributed by atoms with E-state index >= 15 is 0 Å². The molecule has 5 heteroatoms. The van der Waals surface area contributed by atoms with E-state index < -0.39 is 0 Å². The van der Waals surface area contributed by atoms with Crippen molar-refractivity contribution in [2.45, 2.75) is 17.4 Å². The Hall–Kier alpha value is -3.31. The molecule has 0 aliphatic carbocycles. The summed E-state index contributed by atoms with van der Waals surface area (Å²) >= 11 is 1.58. The molecule has 0 bridgehead atoms. The zero-order valence-corrected chi connectivity index (χ0v) is 18.0. The number of nitrogens with zero attached hydrogens (tertiary/aromatic N) is 1. The van der Waals surface area contributed by atoms with E-state index in [-0.39, 0.29) is 12.0 Å². The van der Waals surface area contributed by atoms with Crippen molar-refractivity contribution in [2.24, 2.45) is 0 Å². The Kier molecular flexibility index (Phi) is 5.35. The van der Waals surface area contributed by atoms with Gasteiger partial charge >= 0.3 is 0 Å². The Morgan fingerprint density at radius 3 is 2.84 bits per heavy atom. The van der Waals surface area contributed by atoms with Crippen molar-refractivity contribution in [3.05, 3.63) is 90.3 Å². The normalized spacial score (nSPS) is 14.8. The predicted octanol–water partition coefficient (Wildman–Crippen LogP) is 5.36. The van der Waals surface area contributed by atoms with Crippen molar-refractivity contribution in [3.63, 3.8) is 0 Å². The summed E-state index contributed by atoms with van der Waals surface area (Å²) < 4.78 is 6.14. The summed E-state index contributed by atoms with van der Waals surface area (Å²) in [4.78, 5) is 17.9. The standard InChI is InChI=1S/C26H22N2O2S/c1-31-25-7-3-2-6-22(25)26(29)28-16-20-14-23-21-10-8-17(19-5-4-12-27-15-19)13-18(21)9-11-24(23)30-20/h2-13,15,20H,14,16H2,1H3,(H,28,29). The summed E-state index contributed by atoms with van der Waals surface area (Å²) in [6, 6.07) is 22.3. The van der Waals surface area contributed by atoms with Crippen LogP contribution in [0.25, 0.3) is 21.9 Å². The molecule has 1 aliphatic heterocycles. The molecule has 1 N–H and O–H groups in total. The van der Waals surface area contributed by atoms with Crippen LogP contribution in [-0.2, 0) is 6.42 Å². The second kappa shape index (κ2) is 8.44. The molecule has 2 heterocycles. The van der Waals surface area contributed by atoms with Gasteiger partial charge in [0.15, 0.2) is 0 Å². The van der Waals surface area contributed by atoms with Crippen LogP contribution in [0.2, 0.25) is 0 Å². The Balaban J connectivity index is 1.32. The number of carbonyl (C=O) groups excluding carboxylic acids is 1. The molecule has 4 aromatic rings. The fourth-order valence-electron chi connectivity index (χ4n) is 4.10. The molecule has 5 rings (SSSR count). The van der Waals surface area contributed by atoms with Gasteiger partial charge in [-0.05, 0) is 52.9 Å². The van der Waals surface area contributed by atoms with Gasteiger partial charge in [0.25, 0.3) is 5.91 Å². The SMILES string of the molecule is CSc1ccccc1C(=O)NCC1Cc2c(ccc3cc(-c4cccnc4)ccc23)O1. The van der Waals surface area contributed by atoms with Crippen LogP contribution in [0.4, 0.5) is 0 Å². The van der Waals surface area contributed by atoms with Crippen molar-refractivity contribution in [3.8, 4) is 16.9 Å². The summed E-state index contributed by atoms with van der Waals surface area (Å²) in [5.41, 5.74) is 4.17. The molecule has 0 saturated carbocycles. The lowest BCUT2D eigenvalue weighted by atomic mass is 9.97. The fraction of sp³-hybridized carbons (Fsp3) is 0.154. The number of hydrogen-bond donors (Lipinski definition) is 1. The monoisotopic (exact) mass is 426 g/mol. The summed E-state index contributed by atoms with van der Waals surface area (Å²) in [6.07, 6.45) is 6.36. The summed E-state index contributed by atoms with van der Waals surface area (Å²) in [7, 11) is 0. The minimum atomic E-state index is -0.0657. The predicted molar refractivity (Wildman–Crippen MR) is 126 cm³/mol. The van der Waals surface area contributed by atoms with E-state index in [0.29, 0.717) is 12.1 Å². The lowest BCUT2D eigenvalue weighted by molar-refractivity contribution is 0.0930. The smallest absolute Gasteiger partial charge is 0.252 e. The van der Waals surface area contributed by atoms with Crippen molar-refractivity contribution < 1.29 is 9.53 Å². The maximum atomic E-state index is 12.7. The zero-order valence-electron chi connectivity index (χ0n) is 17.2. The number of hydrogen-bond acceptors (Lipinski definition) is 4. The highest BCUT2D eigenvalue weighted by Gasteiger charge is 2.25. The summed E-state index contributed by atoms with van der Waals surface area (Å²) in [5, 5.41) is 5.43. The van der Waals surface area contributed by atoms with Crippen LogP contribution in [0.1, 0.15) is 15.9 Å². The number of amides is 1. The number of pyridine rings is 1. The molecule has 1 unspecified atom stereocenters. The maximum absolute atomic E-state index is 12.7. The van der Waals surface area contributed by atoms with E-state index in [1.54, 1.807) is 18.0 Å². The number of benzene rings is 3. The molecule has 1 aromatic heterocycles. The van der Waals surface area contributed by atoms with Gasteiger partial charge in [-0.15, -0.1) is 11.8 Å². The van der Waals surface area contributed by atoms with Gasteiger partial charge in [0.1, 0.15) is 11.9 Å². The Labute approximate surface area is 185 Å². The largest absolute Gasteiger partial charge is 0.488 e. The highest BCUT2D eigenvalue weighted by atomic mass is 32.2. The van der Waals surface area contributed by atoms with E-state index in [4.69, 9.17) is 4.74 Å². The van der Waals surface area contributed by atoms with E-state index in [0.717, 1.165) is 28.2 Å². The first-order chi connectivity index (χ1) is 15.2. The molecule has 0 fully saturated rings.